The minimum Gasteiger partial charge on any atom is -0.497 e. The smallest absolute Gasteiger partial charge is 0.280 e. The molecule has 10 nitrogen and oxygen atoms in total. The molecule has 3 aromatic rings. The maximum absolute atomic E-state index is 12.0. The Morgan fingerprint density at radius 2 is 2.04 bits per heavy atom. The van der Waals surface area contributed by atoms with Crippen LogP contribution in [0.3, 0.4) is 0 Å². The highest BCUT2D eigenvalue weighted by Crippen LogP contribution is 2.24. The third kappa shape index (κ3) is 3.38. The van der Waals surface area contributed by atoms with Gasteiger partial charge < -0.3 is 15.2 Å². The number of rotatable bonds is 4. The number of aryl methyl sites for hydroxylation is 1. The van der Waals surface area contributed by atoms with E-state index in [1.165, 1.54) is 6.92 Å². The van der Waals surface area contributed by atoms with Gasteiger partial charge in [0.2, 0.25) is 23.7 Å². The minimum atomic E-state index is -0.711. The molecule has 2 aromatic heterocycles. The van der Waals surface area contributed by atoms with Crippen molar-refractivity contribution < 1.29 is 14.6 Å². The van der Waals surface area contributed by atoms with Gasteiger partial charge in [0.15, 0.2) is 5.69 Å². The Labute approximate surface area is 147 Å². The van der Waals surface area contributed by atoms with Crippen LogP contribution < -0.4 is 20.9 Å². The highest BCUT2D eigenvalue weighted by molar-refractivity contribution is 5.89. The number of hydrogen-bond donors (Lipinski definition) is 4. The largest absolute Gasteiger partial charge is 0.497 e. The molecule has 1 amide bonds. The van der Waals surface area contributed by atoms with Crippen molar-refractivity contribution in [2.24, 2.45) is 0 Å². The Kier molecular flexibility index (Phi) is 4.40. The quantitative estimate of drug-likeness (QED) is 0.550. The summed E-state index contributed by atoms with van der Waals surface area (Å²) >= 11 is 0. The molecule has 0 saturated carbocycles. The standard InChI is InChI=1S/C16H16N6O4/c1-7-10-6-9(26-3)4-5-11(10)19-15(17-7)22-16-20-13(24)12(14(25)21-16)18-8(2)23/h4-6H,1-3H3,(H,18,23)(H3,17,19,20,21,22,24,25). The summed E-state index contributed by atoms with van der Waals surface area (Å²) in [6.07, 6.45) is 0. The number of H-pyrrole nitrogens is 1. The SMILES string of the molecule is COc1ccc2nc(Nc3nc(O)c(NC(C)=O)c(=O)[nH]3)nc(C)c2c1. The summed E-state index contributed by atoms with van der Waals surface area (Å²) in [5.41, 5.74) is 0.322. The number of carbonyl (C=O) groups is 1. The van der Waals surface area contributed by atoms with Crippen molar-refractivity contribution >= 4 is 34.4 Å². The van der Waals surface area contributed by atoms with E-state index < -0.39 is 17.3 Å². The topological polar surface area (TPSA) is 142 Å². The fourth-order valence-corrected chi connectivity index (χ4v) is 2.36. The zero-order valence-corrected chi connectivity index (χ0v) is 14.2. The molecule has 0 fully saturated rings. The Bertz CT molecular complexity index is 1060. The number of benzene rings is 1. The second-order valence-corrected chi connectivity index (χ2v) is 5.44. The number of ether oxygens (including phenoxy) is 1. The van der Waals surface area contributed by atoms with Crippen LogP contribution in [0.1, 0.15) is 12.6 Å². The van der Waals surface area contributed by atoms with Gasteiger partial charge in [0, 0.05) is 12.3 Å². The molecule has 0 aliphatic carbocycles. The molecule has 3 rings (SSSR count). The maximum Gasteiger partial charge on any atom is 0.280 e. The third-order valence-corrected chi connectivity index (χ3v) is 3.53. The highest BCUT2D eigenvalue weighted by atomic mass is 16.5. The minimum absolute atomic E-state index is 0.0612. The molecule has 26 heavy (non-hydrogen) atoms. The van der Waals surface area contributed by atoms with Crippen LogP contribution >= 0.6 is 0 Å². The summed E-state index contributed by atoms with van der Waals surface area (Å²) in [5, 5.41) is 15.6. The Morgan fingerprint density at radius 1 is 1.27 bits per heavy atom. The predicted molar refractivity (Wildman–Crippen MR) is 94.9 cm³/mol. The lowest BCUT2D eigenvalue weighted by Crippen LogP contribution is -2.19. The number of hydrogen-bond acceptors (Lipinski definition) is 8. The highest BCUT2D eigenvalue weighted by Gasteiger charge is 2.13. The molecule has 0 bridgehead atoms. The molecule has 4 N–H and O–H groups in total. The number of fused-ring (bicyclic) bond motifs is 1. The number of nitrogens with zero attached hydrogens (tertiary/aromatic N) is 3. The fourth-order valence-electron chi connectivity index (χ4n) is 2.36. The van der Waals surface area contributed by atoms with E-state index in [2.05, 4.69) is 30.6 Å². The molecule has 2 heterocycles. The molecule has 0 radical (unpaired) electrons. The molecule has 0 aliphatic rings. The zero-order chi connectivity index (χ0) is 18.8. The second-order valence-electron chi connectivity index (χ2n) is 5.44. The van der Waals surface area contributed by atoms with E-state index >= 15 is 0 Å². The van der Waals surface area contributed by atoms with Gasteiger partial charge in [-0.2, -0.15) is 4.98 Å². The van der Waals surface area contributed by atoms with Crippen molar-refractivity contribution in [2.45, 2.75) is 13.8 Å². The van der Waals surface area contributed by atoms with Crippen LogP contribution in [0.4, 0.5) is 17.6 Å². The fraction of sp³-hybridized carbons (Fsp3) is 0.188. The van der Waals surface area contributed by atoms with E-state index in [0.717, 1.165) is 5.39 Å². The maximum atomic E-state index is 12.0. The van der Waals surface area contributed by atoms with Crippen LogP contribution in [-0.2, 0) is 4.79 Å². The van der Waals surface area contributed by atoms with Crippen LogP contribution in [0.2, 0.25) is 0 Å². The molecular formula is C16H16N6O4. The molecular weight excluding hydrogens is 340 g/mol. The van der Waals surface area contributed by atoms with Gasteiger partial charge in [0.25, 0.3) is 5.56 Å². The first-order valence-corrected chi connectivity index (χ1v) is 7.57. The number of amides is 1. The van der Waals surface area contributed by atoms with E-state index in [0.29, 0.717) is 17.0 Å². The second kappa shape index (κ2) is 6.67. The van der Waals surface area contributed by atoms with Crippen molar-refractivity contribution in [3.63, 3.8) is 0 Å². The third-order valence-electron chi connectivity index (χ3n) is 3.53. The van der Waals surface area contributed by atoms with Gasteiger partial charge in [-0.05, 0) is 25.1 Å². The van der Waals surface area contributed by atoms with Gasteiger partial charge in [-0.15, -0.1) is 0 Å². The molecule has 134 valence electrons. The van der Waals surface area contributed by atoms with Gasteiger partial charge in [0.05, 0.1) is 18.3 Å². The van der Waals surface area contributed by atoms with Gasteiger partial charge in [-0.25, -0.2) is 9.97 Å². The van der Waals surface area contributed by atoms with Gasteiger partial charge >= 0.3 is 0 Å². The van der Waals surface area contributed by atoms with Crippen LogP contribution in [0.5, 0.6) is 11.6 Å². The lowest BCUT2D eigenvalue weighted by Gasteiger charge is -2.09. The van der Waals surface area contributed by atoms with Crippen molar-refractivity contribution in [3.05, 3.63) is 34.2 Å². The summed E-state index contributed by atoms with van der Waals surface area (Å²) in [4.78, 5) is 37.9. The number of anilines is 3. The summed E-state index contributed by atoms with van der Waals surface area (Å²) in [7, 11) is 1.58. The van der Waals surface area contributed by atoms with E-state index in [9.17, 15) is 14.7 Å². The summed E-state index contributed by atoms with van der Waals surface area (Å²) in [6, 6.07) is 5.37. The number of aromatic nitrogens is 4. The zero-order valence-electron chi connectivity index (χ0n) is 14.2. The summed E-state index contributed by atoms with van der Waals surface area (Å²) in [5.74, 6) is -0.302. The Balaban J connectivity index is 1.96. The number of methoxy groups -OCH3 is 1. The van der Waals surface area contributed by atoms with Gasteiger partial charge in [0.1, 0.15) is 5.75 Å². The molecule has 0 atom stereocenters. The number of carbonyl (C=O) groups excluding carboxylic acids is 1. The number of aromatic amines is 1. The first kappa shape index (κ1) is 17.1. The average molecular weight is 356 g/mol. The van der Waals surface area contributed by atoms with Crippen molar-refractivity contribution in [2.75, 3.05) is 17.7 Å². The molecule has 10 heteroatoms. The molecule has 1 aromatic carbocycles. The normalized spacial score (nSPS) is 10.6. The molecule has 0 unspecified atom stereocenters. The summed E-state index contributed by atoms with van der Waals surface area (Å²) in [6.45, 7) is 3.02. The number of nitrogens with one attached hydrogen (secondary N) is 3. The lowest BCUT2D eigenvalue weighted by molar-refractivity contribution is -0.114. The van der Waals surface area contributed by atoms with Crippen LogP contribution in [0.25, 0.3) is 10.9 Å². The van der Waals surface area contributed by atoms with Crippen molar-refractivity contribution in [1.29, 1.82) is 0 Å². The first-order chi connectivity index (χ1) is 12.4. The molecule has 0 aliphatic heterocycles. The van der Waals surface area contributed by atoms with Crippen molar-refractivity contribution in [3.8, 4) is 11.6 Å². The van der Waals surface area contributed by atoms with Crippen LogP contribution in [-0.4, -0.2) is 38.1 Å². The predicted octanol–water partition coefficient (Wildman–Crippen LogP) is 1.44. The van der Waals surface area contributed by atoms with Crippen molar-refractivity contribution in [1.82, 2.24) is 19.9 Å². The first-order valence-electron chi connectivity index (χ1n) is 7.57. The van der Waals surface area contributed by atoms with E-state index in [1.54, 1.807) is 19.2 Å². The number of aromatic hydroxyl groups is 1. The monoisotopic (exact) mass is 356 g/mol. The van der Waals surface area contributed by atoms with Crippen LogP contribution in [0, 0.1) is 6.92 Å². The van der Waals surface area contributed by atoms with Gasteiger partial charge in [-0.3, -0.25) is 19.9 Å². The van der Waals surface area contributed by atoms with E-state index in [4.69, 9.17) is 4.74 Å². The van der Waals surface area contributed by atoms with Crippen LogP contribution in [0.15, 0.2) is 23.0 Å². The van der Waals surface area contributed by atoms with E-state index in [-0.39, 0.29) is 17.6 Å². The Hall–Kier alpha value is -3.69. The lowest BCUT2D eigenvalue weighted by atomic mass is 10.2. The van der Waals surface area contributed by atoms with E-state index in [1.807, 2.05) is 13.0 Å². The molecule has 0 saturated heterocycles. The molecule has 0 spiro atoms. The summed E-state index contributed by atoms with van der Waals surface area (Å²) < 4.78 is 5.19. The Morgan fingerprint density at radius 3 is 2.69 bits per heavy atom. The van der Waals surface area contributed by atoms with Gasteiger partial charge in [-0.1, -0.05) is 0 Å². The average Bonchev–Trinajstić information content (AvgIpc) is 2.58.